The van der Waals surface area contributed by atoms with Gasteiger partial charge in [-0.25, -0.2) is 0 Å². The molecule has 3 nitrogen and oxygen atoms in total. The van der Waals surface area contributed by atoms with E-state index in [0.29, 0.717) is 11.8 Å². The van der Waals surface area contributed by atoms with Gasteiger partial charge in [-0.1, -0.05) is 27.7 Å². The van der Waals surface area contributed by atoms with Gasteiger partial charge in [0.15, 0.2) is 6.79 Å². The van der Waals surface area contributed by atoms with Crippen molar-refractivity contribution in [3.63, 3.8) is 0 Å². The van der Waals surface area contributed by atoms with Gasteiger partial charge in [-0.3, -0.25) is 4.98 Å². The SMILES string of the molecule is COCOc1cc(C(C)C)c(-c2ccncc2)c(C(C)C)c1. The summed E-state index contributed by atoms with van der Waals surface area (Å²) in [7, 11) is 1.64. The van der Waals surface area contributed by atoms with Crippen LogP contribution in [0.4, 0.5) is 0 Å². The van der Waals surface area contributed by atoms with Crippen molar-refractivity contribution in [3.8, 4) is 16.9 Å². The predicted molar refractivity (Wildman–Crippen MR) is 90.4 cm³/mol. The topological polar surface area (TPSA) is 31.4 Å². The Balaban J connectivity index is 2.63. The summed E-state index contributed by atoms with van der Waals surface area (Å²) in [6, 6.07) is 8.40. The maximum absolute atomic E-state index is 5.69. The van der Waals surface area contributed by atoms with Crippen LogP contribution in [0.5, 0.6) is 5.75 Å². The molecule has 2 aromatic rings. The fraction of sp³-hybridized carbons (Fsp3) is 0.421. The molecule has 0 saturated heterocycles. The number of aromatic nitrogens is 1. The lowest BCUT2D eigenvalue weighted by molar-refractivity contribution is 0.0510. The molecule has 1 heterocycles. The van der Waals surface area contributed by atoms with Crippen molar-refractivity contribution in [2.45, 2.75) is 39.5 Å². The third-order valence-electron chi connectivity index (χ3n) is 3.73. The summed E-state index contributed by atoms with van der Waals surface area (Å²) < 4.78 is 10.7. The van der Waals surface area contributed by atoms with E-state index < -0.39 is 0 Å². The number of hydrogen-bond acceptors (Lipinski definition) is 3. The minimum Gasteiger partial charge on any atom is -0.468 e. The highest BCUT2D eigenvalue weighted by atomic mass is 16.7. The first-order chi connectivity index (χ1) is 10.5. The summed E-state index contributed by atoms with van der Waals surface area (Å²) >= 11 is 0. The largest absolute Gasteiger partial charge is 0.468 e. The van der Waals surface area contributed by atoms with Crippen LogP contribution in [0.15, 0.2) is 36.7 Å². The van der Waals surface area contributed by atoms with Crippen LogP contribution in [0.2, 0.25) is 0 Å². The smallest absolute Gasteiger partial charge is 0.188 e. The van der Waals surface area contributed by atoms with Gasteiger partial charge >= 0.3 is 0 Å². The zero-order chi connectivity index (χ0) is 16.1. The van der Waals surface area contributed by atoms with Gasteiger partial charge in [-0.2, -0.15) is 0 Å². The molecule has 3 heteroatoms. The zero-order valence-electron chi connectivity index (χ0n) is 14.1. The first-order valence-corrected chi connectivity index (χ1v) is 7.74. The highest BCUT2D eigenvalue weighted by Gasteiger charge is 2.17. The van der Waals surface area contributed by atoms with E-state index in [1.807, 2.05) is 12.4 Å². The predicted octanol–water partition coefficient (Wildman–Crippen LogP) is 4.98. The lowest BCUT2D eigenvalue weighted by atomic mass is 9.85. The Kier molecular flexibility index (Phi) is 5.56. The number of hydrogen-bond donors (Lipinski definition) is 0. The highest BCUT2D eigenvalue weighted by molar-refractivity contribution is 5.73. The fourth-order valence-corrected chi connectivity index (χ4v) is 2.63. The maximum atomic E-state index is 5.69. The van der Waals surface area contributed by atoms with E-state index in [1.165, 1.54) is 22.3 Å². The Morgan fingerprint density at radius 1 is 0.955 bits per heavy atom. The quantitative estimate of drug-likeness (QED) is 0.705. The zero-order valence-corrected chi connectivity index (χ0v) is 14.1. The molecule has 2 rings (SSSR count). The lowest BCUT2D eigenvalue weighted by Gasteiger charge is -2.22. The molecule has 0 aliphatic carbocycles. The number of methoxy groups -OCH3 is 1. The molecule has 0 N–H and O–H groups in total. The molecular formula is C19H25NO2. The van der Waals surface area contributed by atoms with Gasteiger partial charge in [0.25, 0.3) is 0 Å². The van der Waals surface area contributed by atoms with E-state index in [9.17, 15) is 0 Å². The van der Waals surface area contributed by atoms with Crippen molar-refractivity contribution in [2.75, 3.05) is 13.9 Å². The molecule has 0 bridgehead atoms. The van der Waals surface area contributed by atoms with Crippen LogP contribution in [0, 0.1) is 0 Å². The third-order valence-corrected chi connectivity index (χ3v) is 3.73. The van der Waals surface area contributed by atoms with E-state index in [1.54, 1.807) is 7.11 Å². The second-order valence-corrected chi connectivity index (χ2v) is 6.07. The average Bonchev–Trinajstić information content (AvgIpc) is 2.52. The van der Waals surface area contributed by atoms with Crippen molar-refractivity contribution in [3.05, 3.63) is 47.8 Å². The second-order valence-electron chi connectivity index (χ2n) is 6.07. The van der Waals surface area contributed by atoms with E-state index in [0.717, 1.165) is 5.75 Å². The van der Waals surface area contributed by atoms with E-state index in [2.05, 4.69) is 56.9 Å². The Morgan fingerprint density at radius 2 is 1.50 bits per heavy atom. The van der Waals surface area contributed by atoms with Gasteiger partial charge in [0.2, 0.25) is 0 Å². The molecule has 0 unspecified atom stereocenters. The van der Waals surface area contributed by atoms with Crippen molar-refractivity contribution < 1.29 is 9.47 Å². The number of ether oxygens (including phenoxy) is 2. The Bertz CT molecular complexity index is 577. The van der Waals surface area contributed by atoms with Gasteiger partial charge in [-0.05, 0) is 58.4 Å². The van der Waals surface area contributed by atoms with E-state index >= 15 is 0 Å². The second kappa shape index (κ2) is 7.41. The molecule has 1 aromatic heterocycles. The minimum absolute atomic E-state index is 0.268. The first-order valence-electron chi connectivity index (χ1n) is 7.74. The van der Waals surface area contributed by atoms with Crippen LogP contribution < -0.4 is 4.74 Å². The summed E-state index contributed by atoms with van der Waals surface area (Å²) in [4.78, 5) is 4.14. The average molecular weight is 299 g/mol. The molecule has 1 aromatic carbocycles. The minimum atomic E-state index is 0.268. The number of benzene rings is 1. The molecular weight excluding hydrogens is 274 g/mol. The Morgan fingerprint density at radius 3 is 1.95 bits per heavy atom. The Labute approximate surface area is 133 Å². The summed E-state index contributed by atoms with van der Waals surface area (Å²) in [6.45, 7) is 9.12. The molecule has 22 heavy (non-hydrogen) atoms. The van der Waals surface area contributed by atoms with Gasteiger partial charge in [0, 0.05) is 19.5 Å². The number of rotatable bonds is 6. The van der Waals surface area contributed by atoms with Gasteiger partial charge < -0.3 is 9.47 Å². The van der Waals surface area contributed by atoms with E-state index in [4.69, 9.17) is 9.47 Å². The number of pyridine rings is 1. The maximum Gasteiger partial charge on any atom is 0.188 e. The summed E-state index contributed by atoms with van der Waals surface area (Å²) in [5, 5.41) is 0. The summed E-state index contributed by atoms with van der Waals surface area (Å²) in [6.07, 6.45) is 3.69. The molecule has 0 aliphatic rings. The molecule has 0 radical (unpaired) electrons. The fourth-order valence-electron chi connectivity index (χ4n) is 2.63. The number of nitrogens with zero attached hydrogens (tertiary/aromatic N) is 1. The van der Waals surface area contributed by atoms with Gasteiger partial charge in [-0.15, -0.1) is 0 Å². The molecule has 0 spiro atoms. The van der Waals surface area contributed by atoms with Crippen LogP contribution in [-0.2, 0) is 4.74 Å². The molecule has 0 atom stereocenters. The summed E-state index contributed by atoms with van der Waals surface area (Å²) in [5.74, 6) is 1.69. The van der Waals surface area contributed by atoms with Crippen LogP contribution >= 0.6 is 0 Å². The van der Waals surface area contributed by atoms with E-state index in [-0.39, 0.29) is 6.79 Å². The van der Waals surface area contributed by atoms with Crippen molar-refractivity contribution >= 4 is 0 Å². The van der Waals surface area contributed by atoms with Crippen LogP contribution in [0.1, 0.15) is 50.7 Å². The first kappa shape index (κ1) is 16.5. The lowest BCUT2D eigenvalue weighted by Crippen LogP contribution is -2.04. The van der Waals surface area contributed by atoms with Crippen molar-refractivity contribution in [2.24, 2.45) is 0 Å². The monoisotopic (exact) mass is 299 g/mol. The van der Waals surface area contributed by atoms with Crippen molar-refractivity contribution in [1.82, 2.24) is 4.98 Å². The highest BCUT2D eigenvalue weighted by Crippen LogP contribution is 2.38. The van der Waals surface area contributed by atoms with Crippen LogP contribution in [-0.4, -0.2) is 18.9 Å². The van der Waals surface area contributed by atoms with Crippen LogP contribution in [0.3, 0.4) is 0 Å². The normalized spacial score (nSPS) is 11.2. The molecule has 0 saturated carbocycles. The molecule has 0 fully saturated rings. The third kappa shape index (κ3) is 3.66. The van der Waals surface area contributed by atoms with Gasteiger partial charge in [0.1, 0.15) is 5.75 Å². The molecule has 118 valence electrons. The Hall–Kier alpha value is -1.87. The van der Waals surface area contributed by atoms with Gasteiger partial charge in [0.05, 0.1) is 0 Å². The molecule has 0 amide bonds. The molecule has 0 aliphatic heterocycles. The van der Waals surface area contributed by atoms with Crippen molar-refractivity contribution in [1.29, 1.82) is 0 Å². The summed E-state index contributed by atoms with van der Waals surface area (Å²) in [5.41, 5.74) is 5.10. The van der Waals surface area contributed by atoms with Crippen LogP contribution in [0.25, 0.3) is 11.1 Å². The standard InChI is InChI=1S/C19H25NO2/c1-13(2)17-10-16(22-12-21-5)11-18(14(3)4)19(17)15-6-8-20-9-7-15/h6-11,13-14H,12H2,1-5H3.